The smallest absolute Gasteiger partial charge is 0.0368 e. The molecule has 0 fully saturated rings. The first kappa shape index (κ1) is 9.25. The SMILES string of the molecule is C=C([SiH3])C(CC)C(C)Cl. The summed E-state index contributed by atoms with van der Waals surface area (Å²) in [5.41, 5.74) is 0. The van der Waals surface area contributed by atoms with Crippen molar-refractivity contribution in [2.45, 2.75) is 25.6 Å². The standard InChI is InChI=1S/C7H15ClSi/c1-4-7(5(2)8)6(3)9/h5,7H,3-4H2,1-2,9H3. The van der Waals surface area contributed by atoms with E-state index in [1.54, 1.807) is 0 Å². The van der Waals surface area contributed by atoms with Gasteiger partial charge >= 0.3 is 0 Å². The van der Waals surface area contributed by atoms with E-state index < -0.39 is 0 Å². The summed E-state index contributed by atoms with van der Waals surface area (Å²) < 4.78 is 0. The van der Waals surface area contributed by atoms with Gasteiger partial charge in [0.15, 0.2) is 0 Å². The van der Waals surface area contributed by atoms with Crippen molar-refractivity contribution in [2.24, 2.45) is 5.92 Å². The Labute approximate surface area is 65.7 Å². The summed E-state index contributed by atoms with van der Waals surface area (Å²) >= 11 is 5.90. The molecule has 0 heterocycles. The van der Waals surface area contributed by atoms with Gasteiger partial charge in [0.05, 0.1) is 0 Å². The summed E-state index contributed by atoms with van der Waals surface area (Å²) in [7, 11) is 1.08. The molecule has 0 N–H and O–H groups in total. The molecule has 0 radical (unpaired) electrons. The topological polar surface area (TPSA) is 0 Å². The van der Waals surface area contributed by atoms with Crippen LogP contribution in [-0.2, 0) is 0 Å². The second kappa shape index (κ2) is 4.12. The molecule has 0 aromatic carbocycles. The Balaban J connectivity index is 3.83. The van der Waals surface area contributed by atoms with Gasteiger partial charge in [-0.15, -0.1) is 18.2 Å². The quantitative estimate of drug-likeness (QED) is 0.436. The van der Waals surface area contributed by atoms with E-state index in [2.05, 4.69) is 13.5 Å². The summed E-state index contributed by atoms with van der Waals surface area (Å²) in [5.74, 6) is 0.554. The van der Waals surface area contributed by atoms with Crippen LogP contribution in [0.1, 0.15) is 20.3 Å². The molecule has 2 atom stereocenters. The maximum Gasteiger partial charge on any atom is 0.0368 e. The van der Waals surface area contributed by atoms with Gasteiger partial charge in [0, 0.05) is 15.6 Å². The summed E-state index contributed by atoms with van der Waals surface area (Å²) in [6, 6.07) is 0. The second-order valence-electron chi connectivity index (χ2n) is 2.54. The molecule has 0 saturated heterocycles. The predicted octanol–water partition coefficient (Wildman–Crippen LogP) is 1.52. The van der Waals surface area contributed by atoms with Crippen molar-refractivity contribution in [2.75, 3.05) is 0 Å². The van der Waals surface area contributed by atoms with E-state index in [0.29, 0.717) is 5.92 Å². The van der Waals surface area contributed by atoms with E-state index in [1.807, 2.05) is 6.92 Å². The fraction of sp³-hybridized carbons (Fsp3) is 0.714. The van der Waals surface area contributed by atoms with Crippen molar-refractivity contribution in [3.8, 4) is 0 Å². The van der Waals surface area contributed by atoms with Crippen molar-refractivity contribution in [3.63, 3.8) is 0 Å². The van der Waals surface area contributed by atoms with E-state index in [-0.39, 0.29) is 5.38 Å². The van der Waals surface area contributed by atoms with E-state index in [4.69, 9.17) is 11.6 Å². The van der Waals surface area contributed by atoms with E-state index >= 15 is 0 Å². The molecule has 0 aliphatic carbocycles. The van der Waals surface area contributed by atoms with Gasteiger partial charge in [0.2, 0.25) is 0 Å². The van der Waals surface area contributed by atoms with Crippen LogP contribution in [0.2, 0.25) is 0 Å². The molecule has 0 aromatic rings. The molecule has 0 bridgehead atoms. The molecule has 0 aromatic heterocycles. The molecule has 0 nitrogen and oxygen atoms in total. The molecule has 0 saturated carbocycles. The van der Waals surface area contributed by atoms with Gasteiger partial charge in [-0.2, -0.15) is 0 Å². The highest BCUT2D eigenvalue weighted by Gasteiger charge is 2.11. The highest BCUT2D eigenvalue weighted by Crippen LogP contribution is 2.19. The van der Waals surface area contributed by atoms with Crippen molar-refractivity contribution >= 4 is 21.8 Å². The fourth-order valence-corrected chi connectivity index (χ4v) is 2.58. The maximum atomic E-state index is 5.90. The number of hydrogen-bond donors (Lipinski definition) is 0. The average molecular weight is 163 g/mol. The first-order valence-corrected chi connectivity index (χ1v) is 4.82. The van der Waals surface area contributed by atoms with Crippen molar-refractivity contribution in [3.05, 3.63) is 11.8 Å². The number of hydrogen-bond acceptors (Lipinski definition) is 0. The maximum absolute atomic E-state index is 5.90. The van der Waals surface area contributed by atoms with Crippen LogP contribution < -0.4 is 0 Å². The fourth-order valence-electron chi connectivity index (χ4n) is 1.07. The van der Waals surface area contributed by atoms with Gasteiger partial charge in [-0.25, -0.2) is 0 Å². The Morgan fingerprint density at radius 3 is 2.22 bits per heavy atom. The van der Waals surface area contributed by atoms with Gasteiger partial charge in [-0.1, -0.05) is 12.1 Å². The zero-order valence-corrected chi connectivity index (χ0v) is 9.20. The molecule has 0 aliphatic heterocycles. The number of rotatable bonds is 3. The van der Waals surface area contributed by atoms with E-state index in [0.717, 1.165) is 16.7 Å². The second-order valence-corrected chi connectivity index (χ2v) is 4.51. The molecule has 2 unspecified atom stereocenters. The van der Waals surface area contributed by atoms with Crippen LogP contribution in [0.5, 0.6) is 0 Å². The first-order valence-electron chi connectivity index (χ1n) is 3.39. The summed E-state index contributed by atoms with van der Waals surface area (Å²) in [6.07, 6.45) is 1.13. The minimum absolute atomic E-state index is 0.264. The summed E-state index contributed by atoms with van der Waals surface area (Å²) in [5, 5.41) is 1.60. The highest BCUT2D eigenvalue weighted by atomic mass is 35.5. The van der Waals surface area contributed by atoms with Gasteiger partial charge in [-0.05, 0) is 19.3 Å². The van der Waals surface area contributed by atoms with E-state index in [9.17, 15) is 0 Å². The number of allylic oxidation sites excluding steroid dienone is 1. The van der Waals surface area contributed by atoms with Crippen LogP contribution in [0.3, 0.4) is 0 Å². The number of alkyl halides is 1. The Hall–Kier alpha value is 0.247. The van der Waals surface area contributed by atoms with Crippen LogP contribution >= 0.6 is 11.6 Å². The van der Waals surface area contributed by atoms with Crippen molar-refractivity contribution in [1.82, 2.24) is 0 Å². The molecule has 0 aliphatic rings. The van der Waals surface area contributed by atoms with E-state index in [1.165, 1.54) is 5.20 Å². The van der Waals surface area contributed by atoms with Gasteiger partial charge in [0.25, 0.3) is 0 Å². The van der Waals surface area contributed by atoms with Crippen LogP contribution in [-0.4, -0.2) is 15.6 Å². The molecular weight excluding hydrogens is 148 g/mol. The van der Waals surface area contributed by atoms with Gasteiger partial charge < -0.3 is 0 Å². The number of halogens is 1. The Kier molecular flexibility index (Phi) is 4.24. The van der Waals surface area contributed by atoms with Gasteiger partial charge in [-0.3, -0.25) is 0 Å². The lowest BCUT2D eigenvalue weighted by atomic mass is 10.0. The molecule has 0 spiro atoms. The van der Waals surface area contributed by atoms with Crippen LogP contribution in [0.4, 0.5) is 0 Å². The Morgan fingerprint density at radius 1 is 1.78 bits per heavy atom. The lowest BCUT2D eigenvalue weighted by Crippen LogP contribution is -2.12. The van der Waals surface area contributed by atoms with Crippen molar-refractivity contribution in [1.29, 1.82) is 0 Å². The largest absolute Gasteiger partial charge is 0.123 e. The zero-order chi connectivity index (χ0) is 7.44. The first-order chi connectivity index (χ1) is 4.09. The Bertz CT molecular complexity index is 99.1. The van der Waals surface area contributed by atoms with Crippen LogP contribution in [0.15, 0.2) is 11.8 Å². The minimum Gasteiger partial charge on any atom is -0.123 e. The third-order valence-electron chi connectivity index (χ3n) is 1.63. The van der Waals surface area contributed by atoms with Crippen molar-refractivity contribution < 1.29 is 0 Å². The Morgan fingerprint density at radius 2 is 2.22 bits per heavy atom. The monoisotopic (exact) mass is 162 g/mol. The van der Waals surface area contributed by atoms with Gasteiger partial charge in [0.1, 0.15) is 0 Å². The lowest BCUT2D eigenvalue weighted by molar-refractivity contribution is 0.604. The molecule has 54 valence electrons. The molecule has 2 heteroatoms. The minimum atomic E-state index is 0.264. The molecule has 9 heavy (non-hydrogen) atoms. The summed E-state index contributed by atoms with van der Waals surface area (Å²) in [6.45, 7) is 8.12. The normalized spacial score (nSPS) is 17.2. The third kappa shape index (κ3) is 3.07. The van der Waals surface area contributed by atoms with Crippen LogP contribution in [0, 0.1) is 5.92 Å². The molecular formula is C7H15ClSi. The highest BCUT2D eigenvalue weighted by molar-refractivity contribution is 6.24. The van der Waals surface area contributed by atoms with Crippen LogP contribution in [0.25, 0.3) is 0 Å². The lowest BCUT2D eigenvalue weighted by Gasteiger charge is -2.16. The zero-order valence-electron chi connectivity index (χ0n) is 6.45. The molecule has 0 amide bonds. The molecule has 0 rings (SSSR count). The predicted molar refractivity (Wildman–Crippen MR) is 48.2 cm³/mol. The third-order valence-corrected chi connectivity index (χ3v) is 2.67. The summed E-state index contributed by atoms with van der Waals surface area (Å²) in [4.78, 5) is 0. The average Bonchev–Trinajstić information content (AvgIpc) is 1.64.